The van der Waals surface area contributed by atoms with E-state index in [1.54, 1.807) is 17.8 Å². The first kappa shape index (κ1) is 13.8. The first-order valence-corrected chi connectivity index (χ1v) is 7.02. The molecule has 2 aromatic rings. The number of amidine groups is 1. The average Bonchev–Trinajstić information content (AvgIpc) is 2.45. The van der Waals surface area contributed by atoms with E-state index in [2.05, 4.69) is 17.3 Å². The van der Waals surface area contributed by atoms with E-state index in [-0.39, 0.29) is 5.84 Å². The van der Waals surface area contributed by atoms with E-state index in [9.17, 15) is 0 Å². The number of halogens is 1. The maximum absolute atomic E-state index is 8.82. The number of benzene rings is 2. The largest absolute Gasteiger partial charge is 0.409 e. The molecule has 0 atom stereocenters. The van der Waals surface area contributed by atoms with Crippen LogP contribution in [0.25, 0.3) is 0 Å². The molecule has 0 fully saturated rings. The van der Waals surface area contributed by atoms with Gasteiger partial charge in [-0.3, -0.25) is 0 Å². The van der Waals surface area contributed by atoms with Crippen molar-refractivity contribution in [1.82, 2.24) is 0 Å². The Morgan fingerprint density at radius 3 is 2.58 bits per heavy atom. The van der Waals surface area contributed by atoms with Crippen LogP contribution in [0.2, 0.25) is 5.02 Å². The molecule has 0 saturated heterocycles. The number of hydrogen-bond acceptors (Lipinski definition) is 3. The summed E-state index contributed by atoms with van der Waals surface area (Å²) in [6.07, 6.45) is 0. The smallest absolute Gasteiger partial charge is 0.172 e. The van der Waals surface area contributed by atoms with Crippen LogP contribution in [0.4, 0.5) is 0 Å². The normalized spacial score (nSPS) is 11.5. The van der Waals surface area contributed by atoms with Crippen LogP contribution in [-0.2, 0) is 5.75 Å². The summed E-state index contributed by atoms with van der Waals surface area (Å²) in [4.78, 5) is 0.895. The van der Waals surface area contributed by atoms with E-state index < -0.39 is 0 Å². The van der Waals surface area contributed by atoms with Gasteiger partial charge in [0, 0.05) is 10.6 Å². The Morgan fingerprint density at radius 1 is 1.16 bits per heavy atom. The van der Waals surface area contributed by atoms with Crippen LogP contribution in [0.15, 0.2) is 58.6 Å². The molecule has 0 amide bonds. The Hall–Kier alpha value is -1.65. The van der Waals surface area contributed by atoms with Gasteiger partial charge in [0.1, 0.15) is 0 Å². The molecule has 19 heavy (non-hydrogen) atoms. The fourth-order valence-corrected chi connectivity index (χ4v) is 3.03. The lowest BCUT2D eigenvalue weighted by Crippen LogP contribution is -2.14. The molecule has 0 unspecified atom stereocenters. The zero-order valence-electron chi connectivity index (χ0n) is 10.1. The van der Waals surface area contributed by atoms with Crippen molar-refractivity contribution in [1.29, 1.82) is 0 Å². The van der Waals surface area contributed by atoms with E-state index in [0.717, 1.165) is 10.6 Å². The second-order valence-corrected chi connectivity index (χ2v) is 5.30. The summed E-state index contributed by atoms with van der Waals surface area (Å²) in [5.41, 5.74) is 7.45. The number of thioether (sulfide) groups is 1. The number of nitrogens with zero attached hydrogens (tertiary/aromatic N) is 1. The highest BCUT2D eigenvalue weighted by Gasteiger charge is 2.12. The summed E-state index contributed by atoms with van der Waals surface area (Å²) in [6.45, 7) is 0. The zero-order chi connectivity index (χ0) is 13.7. The number of oxime groups is 1. The van der Waals surface area contributed by atoms with Gasteiger partial charge in [0.05, 0.1) is 10.6 Å². The van der Waals surface area contributed by atoms with E-state index in [1.807, 2.05) is 30.3 Å². The highest BCUT2D eigenvalue weighted by atomic mass is 35.5. The van der Waals surface area contributed by atoms with Crippen molar-refractivity contribution in [2.24, 2.45) is 10.9 Å². The van der Waals surface area contributed by atoms with E-state index in [0.29, 0.717) is 10.6 Å². The predicted octanol–water partition coefficient (Wildman–Crippen LogP) is 3.73. The molecule has 0 aliphatic heterocycles. The quantitative estimate of drug-likeness (QED) is 0.297. The van der Waals surface area contributed by atoms with Crippen LogP contribution in [0.3, 0.4) is 0 Å². The molecular weight excluding hydrogens is 280 g/mol. The van der Waals surface area contributed by atoms with E-state index in [4.69, 9.17) is 22.5 Å². The Kier molecular flexibility index (Phi) is 4.71. The van der Waals surface area contributed by atoms with Gasteiger partial charge < -0.3 is 10.9 Å². The molecular formula is C14H13ClN2OS. The maximum atomic E-state index is 8.82. The van der Waals surface area contributed by atoms with Crippen LogP contribution >= 0.6 is 23.4 Å². The van der Waals surface area contributed by atoms with Crippen molar-refractivity contribution in [2.75, 3.05) is 0 Å². The third kappa shape index (κ3) is 3.43. The highest BCUT2D eigenvalue weighted by Crippen LogP contribution is 2.30. The molecule has 0 saturated carbocycles. The van der Waals surface area contributed by atoms with Crippen molar-refractivity contribution < 1.29 is 5.21 Å². The molecule has 0 radical (unpaired) electrons. The molecule has 0 heterocycles. The molecule has 0 spiro atoms. The van der Waals surface area contributed by atoms with Crippen LogP contribution in [-0.4, -0.2) is 11.0 Å². The molecule has 98 valence electrons. The first-order valence-electron chi connectivity index (χ1n) is 5.65. The van der Waals surface area contributed by atoms with Gasteiger partial charge in [-0.05, 0) is 17.7 Å². The van der Waals surface area contributed by atoms with Crippen molar-refractivity contribution in [3.8, 4) is 0 Å². The van der Waals surface area contributed by atoms with Gasteiger partial charge in [-0.1, -0.05) is 53.2 Å². The van der Waals surface area contributed by atoms with E-state index in [1.165, 1.54) is 5.56 Å². The van der Waals surface area contributed by atoms with Crippen LogP contribution < -0.4 is 5.73 Å². The minimum atomic E-state index is 0.0289. The summed E-state index contributed by atoms with van der Waals surface area (Å²) in [5, 5.41) is 12.3. The molecule has 0 aliphatic rings. The maximum Gasteiger partial charge on any atom is 0.172 e. The summed E-state index contributed by atoms with van der Waals surface area (Å²) in [6, 6.07) is 15.6. The summed E-state index contributed by atoms with van der Waals surface area (Å²) < 4.78 is 0. The predicted molar refractivity (Wildman–Crippen MR) is 80.0 cm³/mol. The lowest BCUT2D eigenvalue weighted by Gasteiger charge is -2.09. The van der Waals surface area contributed by atoms with Crippen LogP contribution in [0.5, 0.6) is 0 Å². The van der Waals surface area contributed by atoms with E-state index >= 15 is 0 Å². The molecule has 2 aromatic carbocycles. The van der Waals surface area contributed by atoms with Crippen molar-refractivity contribution >= 4 is 29.2 Å². The summed E-state index contributed by atoms with van der Waals surface area (Å²) >= 11 is 7.70. The zero-order valence-corrected chi connectivity index (χ0v) is 11.7. The summed E-state index contributed by atoms with van der Waals surface area (Å²) in [7, 11) is 0. The standard InChI is InChI=1S/C14H13ClN2OS/c15-11-7-4-8-12(13(11)14(16)17-18)19-9-10-5-2-1-3-6-10/h1-8,18H,9H2,(H2,16,17). The van der Waals surface area contributed by atoms with Gasteiger partial charge in [-0.15, -0.1) is 11.8 Å². The fraction of sp³-hybridized carbons (Fsp3) is 0.0714. The summed E-state index contributed by atoms with van der Waals surface area (Å²) in [5.74, 6) is 0.827. The van der Waals surface area contributed by atoms with Gasteiger partial charge >= 0.3 is 0 Å². The lowest BCUT2D eigenvalue weighted by atomic mass is 10.2. The number of nitrogens with two attached hydrogens (primary N) is 1. The second kappa shape index (κ2) is 6.50. The average molecular weight is 293 g/mol. The molecule has 0 bridgehead atoms. The third-order valence-electron chi connectivity index (χ3n) is 2.58. The highest BCUT2D eigenvalue weighted by molar-refractivity contribution is 7.98. The Labute approximate surface area is 121 Å². The van der Waals surface area contributed by atoms with Gasteiger partial charge in [0.2, 0.25) is 0 Å². The second-order valence-electron chi connectivity index (χ2n) is 3.87. The van der Waals surface area contributed by atoms with Gasteiger partial charge in [-0.25, -0.2) is 0 Å². The first-order chi connectivity index (χ1) is 9.22. The Bertz CT molecular complexity index is 587. The van der Waals surface area contributed by atoms with Crippen LogP contribution in [0, 0.1) is 0 Å². The third-order valence-corrected chi connectivity index (χ3v) is 4.02. The lowest BCUT2D eigenvalue weighted by molar-refractivity contribution is 0.318. The molecule has 3 N–H and O–H groups in total. The van der Waals surface area contributed by atoms with Crippen molar-refractivity contribution in [3.05, 3.63) is 64.7 Å². The molecule has 3 nitrogen and oxygen atoms in total. The topological polar surface area (TPSA) is 58.6 Å². The number of rotatable bonds is 4. The minimum Gasteiger partial charge on any atom is -0.409 e. The van der Waals surface area contributed by atoms with Gasteiger partial charge in [-0.2, -0.15) is 0 Å². The van der Waals surface area contributed by atoms with Gasteiger partial charge in [0.25, 0.3) is 0 Å². The monoisotopic (exact) mass is 292 g/mol. The SMILES string of the molecule is NC(=NO)c1c(Cl)cccc1SCc1ccccc1. The van der Waals surface area contributed by atoms with Crippen molar-refractivity contribution in [3.63, 3.8) is 0 Å². The molecule has 5 heteroatoms. The van der Waals surface area contributed by atoms with Crippen molar-refractivity contribution in [2.45, 2.75) is 10.6 Å². The molecule has 0 aromatic heterocycles. The fourth-order valence-electron chi connectivity index (χ4n) is 1.66. The number of hydrogen-bond donors (Lipinski definition) is 2. The Balaban J connectivity index is 2.23. The molecule has 0 aliphatic carbocycles. The van der Waals surface area contributed by atoms with Crippen LogP contribution in [0.1, 0.15) is 11.1 Å². The minimum absolute atomic E-state index is 0.0289. The molecule has 2 rings (SSSR count). The van der Waals surface area contributed by atoms with Gasteiger partial charge in [0.15, 0.2) is 5.84 Å². The Morgan fingerprint density at radius 2 is 1.89 bits per heavy atom.